The van der Waals surface area contributed by atoms with Crippen molar-refractivity contribution in [1.29, 1.82) is 0 Å². The van der Waals surface area contributed by atoms with E-state index in [0.717, 1.165) is 33.8 Å². The molecular weight excluding hydrogens is 290 g/mol. The number of carbonyl (C=O) groups is 1. The maximum Gasteiger partial charge on any atom is 0.341 e. The van der Waals surface area contributed by atoms with Crippen LogP contribution in [0, 0.1) is 20.8 Å². The van der Waals surface area contributed by atoms with Crippen molar-refractivity contribution in [1.82, 2.24) is 9.38 Å². The van der Waals surface area contributed by atoms with E-state index in [-0.39, 0.29) is 5.97 Å². The SMILES string of the molecule is COC(=O)c1cn2c(C)cnc2c(C)c1Nc1ccccc1C. The first-order valence-corrected chi connectivity index (χ1v) is 7.41. The van der Waals surface area contributed by atoms with Crippen LogP contribution in [0.15, 0.2) is 36.7 Å². The molecule has 2 aromatic heterocycles. The highest BCUT2D eigenvalue weighted by Gasteiger charge is 2.19. The number of nitrogens with one attached hydrogen (secondary N) is 1. The lowest BCUT2D eigenvalue weighted by Crippen LogP contribution is -2.10. The predicted octanol–water partition coefficient (Wildman–Crippen LogP) is 3.79. The van der Waals surface area contributed by atoms with Crippen molar-refractivity contribution < 1.29 is 9.53 Å². The van der Waals surface area contributed by atoms with E-state index in [9.17, 15) is 4.79 Å². The van der Waals surface area contributed by atoms with Gasteiger partial charge in [0.25, 0.3) is 0 Å². The van der Waals surface area contributed by atoms with Crippen molar-refractivity contribution in [2.75, 3.05) is 12.4 Å². The van der Waals surface area contributed by atoms with Crippen LogP contribution in [0.4, 0.5) is 11.4 Å². The number of hydrogen-bond acceptors (Lipinski definition) is 4. The molecule has 3 rings (SSSR count). The number of carbonyl (C=O) groups excluding carboxylic acids is 1. The van der Waals surface area contributed by atoms with E-state index in [4.69, 9.17) is 4.74 Å². The van der Waals surface area contributed by atoms with Gasteiger partial charge >= 0.3 is 5.97 Å². The summed E-state index contributed by atoms with van der Waals surface area (Å²) in [7, 11) is 1.39. The third kappa shape index (κ3) is 2.54. The minimum Gasteiger partial charge on any atom is -0.465 e. The molecule has 5 heteroatoms. The molecule has 118 valence electrons. The number of aromatic nitrogens is 2. The Morgan fingerprint density at radius 2 is 1.96 bits per heavy atom. The number of nitrogens with zero attached hydrogens (tertiary/aromatic N) is 2. The summed E-state index contributed by atoms with van der Waals surface area (Å²) in [5, 5.41) is 3.37. The fourth-order valence-corrected chi connectivity index (χ4v) is 2.67. The molecule has 0 unspecified atom stereocenters. The highest BCUT2D eigenvalue weighted by molar-refractivity contribution is 5.98. The zero-order chi connectivity index (χ0) is 16.6. The van der Waals surface area contributed by atoms with E-state index in [2.05, 4.69) is 10.3 Å². The Hall–Kier alpha value is -2.82. The molecule has 0 spiro atoms. The van der Waals surface area contributed by atoms with E-state index in [0.29, 0.717) is 5.56 Å². The second-order valence-electron chi connectivity index (χ2n) is 5.57. The molecule has 0 saturated carbocycles. The fraction of sp³-hybridized carbons (Fsp3) is 0.222. The molecule has 0 aliphatic carbocycles. The first-order chi connectivity index (χ1) is 11.0. The van der Waals surface area contributed by atoms with Crippen LogP contribution in [0.2, 0.25) is 0 Å². The average molecular weight is 309 g/mol. The van der Waals surface area contributed by atoms with Crippen molar-refractivity contribution in [3.63, 3.8) is 0 Å². The Balaban J connectivity index is 2.23. The number of fused-ring (bicyclic) bond motifs is 1. The number of esters is 1. The highest BCUT2D eigenvalue weighted by atomic mass is 16.5. The smallest absolute Gasteiger partial charge is 0.341 e. The number of methoxy groups -OCH3 is 1. The zero-order valence-electron chi connectivity index (χ0n) is 13.7. The number of hydrogen-bond donors (Lipinski definition) is 1. The van der Waals surface area contributed by atoms with Gasteiger partial charge in [0.2, 0.25) is 0 Å². The van der Waals surface area contributed by atoms with Gasteiger partial charge in [0.05, 0.1) is 12.8 Å². The Bertz CT molecular complexity index is 897. The van der Waals surface area contributed by atoms with E-state index in [1.54, 1.807) is 12.4 Å². The Morgan fingerprint density at radius 1 is 1.22 bits per heavy atom. The van der Waals surface area contributed by atoms with Gasteiger partial charge in [-0.15, -0.1) is 0 Å². The normalized spacial score (nSPS) is 10.8. The Morgan fingerprint density at radius 3 is 2.65 bits per heavy atom. The predicted molar refractivity (Wildman–Crippen MR) is 90.5 cm³/mol. The molecule has 0 atom stereocenters. The largest absolute Gasteiger partial charge is 0.465 e. The van der Waals surface area contributed by atoms with Crippen molar-refractivity contribution in [2.45, 2.75) is 20.8 Å². The lowest BCUT2D eigenvalue weighted by Gasteiger charge is -2.16. The topological polar surface area (TPSA) is 55.6 Å². The first kappa shape index (κ1) is 15.1. The zero-order valence-corrected chi connectivity index (χ0v) is 13.7. The number of imidazole rings is 1. The number of aryl methyl sites for hydroxylation is 3. The number of anilines is 2. The summed E-state index contributed by atoms with van der Waals surface area (Å²) >= 11 is 0. The summed E-state index contributed by atoms with van der Waals surface area (Å²) < 4.78 is 6.86. The second kappa shape index (κ2) is 5.76. The quantitative estimate of drug-likeness (QED) is 0.748. The van der Waals surface area contributed by atoms with E-state index in [1.165, 1.54) is 7.11 Å². The van der Waals surface area contributed by atoms with Gasteiger partial charge in [-0.1, -0.05) is 18.2 Å². The second-order valence-corrected chi connectivity index (χ2v) is 5.57. The molecule has 0 aliphatic rings. The van der Waals surface area contributed by atoms with Gasteiger partial charge in [-0.05, 0) is 32.4 Å². The molecule has 0 amide bonds. The van der Waals surface area contributed by atoms with Crippen LogP contribution >= 0.6 is 0 Å². The molecule has 2 heterocycles. The third-order valence-corrected chi connectivity index (χ3v) is 4.03. The highest BCUT2D eigenvalue weighted by Crippen LogP contribution is 2.30. The lowest BCUT2D eigenvalue weighted by molar-refractivity contribution is 0.0601. The van der Waals surface area contributed by atoms with Gasteiger partial charge in [0.1, 0.15) is 11.2 Å². The van der Waals surface area contributed by atoms with Crippen LogP contribution in [0.25, 0.3) is 5.65 Å². The van der Waals surface area contributed by atoms with Gasteiger partial charge in [-0.25, -0.2) is 9.78 Å². The Kier molecular flexibility index (Phi) is 3.78. The van der Waals surface area contributed by atoms with Crippen LogP contribution in [0.5, 0.6) is 0 Å². The molecule has 0 saturated heterocycles. The van der Waals surface area contributed by atoms with Gasteiger partial charge in [-0.3, -0.25) is 0 Å². The third-order valence-electron chi connectivity index (χ3n) is 4.03. The van der Waals surface area contributed by atoms with E-state index >= 15 is 0 Å². The summed E-state index contributed by atoms with van der Waals surface area (Å²) in [5.41, 5.74) is 5.97. The molecule has 0 radical (unpaired) electrons. The average Bonchev–Trinajstić information content (AvgIpc) is 2.92. The van der Waals surface area contributed by atoms with Crippen LogP contribution in [-0.4, -0.2) is 22.5 Å². The van der Waals surface area contributed by atoms with Gasteiger partial charge in [-0.2, -0.15) is 0 Å². The molecule has 0 aliphatic heterocycles. The maximum atomic E-state index is 12.2. The van der Waals surface area contributed by atoms with Gasteiger partial charge in [0.15, 0.2) is 0 Å². The van der Waals surface area contributed by atoms with E-state index in [1.807, 2.05) is 49.4 Å². The summed E-state index contributed by atoms with van der Waals surface area (Å²) in [6.07, 6.45) is 3.57. The number of para-hydroxylation sites is 1. The number of ether oxygens (including phenoxy) is 1. The summed E-state index contributed by atoms with van der Waals surface area (Å²) in [6.45, 7) is 5.93. The van der Waals surface area contributed by atoms with Crippen molar-refractivity contribution >= 4 is 23.0 Å². The fourth-order valence-electron chi connectivity index (χ4n) is 2.67. The molecule has 23 heavy (non-hydrogen) atoms. The number of benzene rings is 1. The van der Waals surface area contributed by atoms with Gasteiger partial charge in [0, 0.05) is 29.3 Å². The van der Waals surface area contributed by atoms with Crippen molar-refractivity contribution in [3.05, 3.63) is 59.0 Å². The minimum absolute atomic E-state index is 0.376. The van der Waals surface area contributed by atoms with Crippen molar-refractivity contribution in [3.8, 4) is 0 Å². The molecule has 0 fully saturated rings. The van der Waals surface area contributed by atoms with Crippen molar-refractivity contribution in [2.24, 2.45) is 0 Å². The van der Waals surface area contributed by atoms with E-state index < -0.39 is 0 Å². The summed E-state index contributed by atoms with van der Waals surface area (Å²) in [4.78, 5) is 16.7. The molecular formula is C18H19N3O2. The number of pyridine rings is 1. The van der Waals surface area contributed by atoms with Gasteiger partial charge < -0.3 is 14.5 Å². The standard InChI is InChI=1S/C18H19N3O2/c1-11-7-5-6-8-15(11)20-16-13(3)17-19-9-12(2)21(17)10-14(16)18(22)23-4/h5-10,20H,1-4H3. The molecule has 1 N–H and O–H groups in total. The molecule has 1 aromatic carbocycles. The van der Waals surface area contributed by atoms with Crippen LogP contribution < -0.4 is 5.32 Å². The molecule has 3 aromatic rings. The molecule has 0 bridgehead atoms. The maximum absolute atomic E-state index is 12.2. The molecule has 5 nitrogen and oxygen atoms in total. The number of rotatable bonds is 3. The monoisotopic (exact) mass is 309 g/mol. The minimum atomic E-state index is -0.376. The summed E-state index contributed by atoms with van der Waals surface area (Å²) in [5.74, 6) is -0.376. The summed E-state index contributed by atoms with van der Waals surface area (Å²) in [6, 6.07) is 7.95. The van der Waals surface area contributed by atoms with Crippen LogP contribution in [-0.2, 0) is 4.74 Å². The lowest BCUT2D eigenvalue weighted by atomic mass is 10.1. The first-order valence-electron chi connectivity index (χ1n) is 7.41. The Labute approximate surface area is 134 Å². The van der Waals surface area contributed by atoms with Crippen LogP contribution in [0.3, 0.4) is 0 Å². The van der Waals surface area contributed by atoms with Crippen LogP contribution in [0.1, 0.15) is 27.2 Å².